The third-order valence-electron chi connectivity index (χ3n) is 5.17. The van der Waals surface area contributed by atoms with Gasteiger partial charge in [0.1, 0.15) is 12.4 Å². The van der Waals surface area contributed by atoms with Gasteiger partial charge in [-0.1, -0.05) is 31.8 Å². The molecule has 1 aromatic carbocycles. The first-order valence-corrected chi connectivity index (χ1v) is 14.2. The van der Waals surface area contributed by atoms with Gasteiger partial charge in [-0.2, -0.15) is 0 Å². The third kappa shape index (κ3) is 5.00. The first kappa shape index (κ1) is 21.2. The number of anilines is 1. The lowest BCUT2D eigenvalue weighted by Gasteiger charge is -2.16. The number of rotatable bonds is 7. The van der Waals surface area contributed by atoms with Crippen LogP contribution in [-0.2, 0) is 11.5 Å². The molecule has 0 saturated carbocycles. The van der Waals surface area contributed by atoms with Crippen molar-refractivity contribution in [2.45, 2.75) is 39.3 Å². The molecule has 0 aliphatic rings. The predicted molar refractivity (Wildman–Crippen MR) is 129 cm³/mol. The van der Waals surface area contributed by atoms with Gasteiger partial charge in [-0.05, 0) is 43.3 Å². The topological polar surface area (TPSA) is 78.8 Å². The number of aromatic nitrogens is 4. The second kappa shape index (κ2) is 8.61. The highest BCUT2D eigenvalue weighted by Crippen LogP contribution is 2.32. The largest absolute Gasteiger partial charge is 0.397 e. The Morgan fingerprint density at radius 3 is 2.68 bits per heavy atom. The van der Waals surface area contributed by atoms with Gasteiger partial charge in [0.25, 0.3) is 0 Å². The number of nitrogen functional groups attached to an aromatic ring is 1. The maximum Gasteiger partial charge on any atom is 0.124 e. The van der Waals surface area contributed by atoms with E-state index < -0.39 is 8.07 Å². The molecule has 160 valence electrons. The molecule has 4 aromatic rings. The molecule has 0 aliphatic carbocycles. The number of benzene rings is 1. The highest BCUT2D eigenvalue weighted by molar-refractivity contribution is 6.76. The van der Waals surface area contributed by atoms with Gasteiger partial charge in [-0.15, -0.1) is 0 Å². The lowest BCUT2D eigenvalue weighted by atomic mass is 10.0. The van der Waals surface area contributed by atoms with Gasteiger partial charge in [0.15, 0.2) is 0 Å². The summed E-state index contributed by atoms with van der Waals surface area (Å²) in [5, 5.41) is 0.994. The van der Waals surface area contributed by atoms with Gasteiger partial charge >= 0.3 is 0 Å². The maximum absolute atomic E-state index is 6.04. The molecule has 0 saturated heterocycles. The van der Waals surface area contributed by atoms with Crippen LogP contribution in [0.4, 0.5) is 5.69 Å². The molecule has 0 radical (unpaired) electrons. The zero-order chi connectivity index (χ0) is 22.0. The van der Waals surface area contributed by atoms with Gasteiger partial charge in [0.2, 0.25) is 0 Å². The Balaban J connectivity index is 1.75. The minimum absolute atomic E-state index is 0.450. The zero-order valence-corrected chi connectivity index (χ0v) is 19.6. The highest BCUT2D eigenvalue weighted by atomic mass is 28.3. The number of aryl methyl sites for hydroxylation is 1. The molecular formula is C24H29N5OSi. The number of imidazole rings is 1. The van der Waals surface area contributed by atoms with Gasteiger partial charge in [-0.3, -0.25) is 9.97 Å². The quantitative estimate of drug-likeness (QED) is 0.315. The summed E-state index contributed by atoms with van der Waals surface area (Å²) in [5.41, 5.74) is 12.2. The van der Waals surface area contributed by atoms with E-state index in [-0.39, 0.29) is 0 Å². The van der Waals surface area contributed by atoms with Crippen LogP contribution in [0.2, 0.25) is 25.7 Å². The van der Waals surface area contributed by atoms with Crippen molar-refractivity contribution >= 4 is 24.7 Å². The van der Waals surface area contributed by atoms with Crippen molar-refractivity contribution in [3.63, 3.8) is 0 Å². The maximum atomic E-state index is 6.04. The lowest BCUT2D eigenvalue weighted by Crippen LogP contribution is -2.22. The minimum Gasteiger partial charge on any atom is -0.397 e. The summed E-state index contributed by atoms with van der Waals surface area (Å²) in [5.74, 6) is 0. The van der Waals surface area contributed by atoms with Crippen molar-refractivity contribution in [3.8, 4) is 22.6 Å². The Hall–Kier alpha value is -3.03. The fourth-order valence-corrected chi connectivity index (χ4v) is 4.24. The third-order valence-corrected chi connectivity index (χ3v) is 6.88. The van der Waals surface area contributed by atoms with Gasteiger partial charge < -0.3 is 15.0 Å². The number of hydrogen-bond acceptors (Lipinski definition) is 5. The molecule has 4 rings (SSSR count). The smallest absolute Gasteiger partial charge is 0.124 e. The van der Waals surface area contributed by atoms with E-state index in [1.54, 1.807) is 6.20 Å². The van der Waals surface area contributed by atoms with Crippen LogP contribution in [0.5, 0.6) is 0 Å². The zero-order valence-electron chi connectivity index (χ0n) is 18.6. The Labute approximate surface area is 184 Å². The summed E-state index contributed by atoms with van der Waals surface area (Å²) in [6.45, 7) is 10.3. The van der Waals surface area contributed by atoms with E-state index in [1.165, 1.54) is 0 Å². The molecule has 0 spiro atoms. The molecule has 3 aromatic heterocycles. The van der Waals surface area contributed by atoms with Crippen molar-refractivity contribution in [3.05, 3.63) is 60.7 Å². The summed E-state index contributed by atoms with van der Waals surface area (Å²) in [6, 6.07) is 15.3. The van der Waals surface area contributed by atoms with Crippen molar-refractivity contribution in [2.24, 2.45) is 0 Å². The highest BCUT2D eigenvalue weighted by Gasteiger charge is 2.18. The van der Waals surface area contributed by atoms with Crippen LogP contribution in [0.1, 0.15) is 5.69 Å². The standard InChI is InChI=1S/C24H29N5OSi/c1-17-6-5-7-22(28-17)23-24(29(15-27-23)16-30-10-11-31(2,3)4)18-8-9-21-19(12-18)13-20(25)14-26-21/h5-9,12-15H,10-11,16,25H2,1-4H3. The Morgan fingerprint density at radius 1 is 1.06 bits per heavy atom. The fraction of sp³-hybridized carbons (Fsp3) is 0.292. The van der Waals surface area contributed by atoms with Crippen LogP contribution < -0.4 is 5.73 Å². The normalized spacial score (nSPS) is 11.9. The fourth-order valence-electron chi connectivity index (χ4n) is 3.48. The summed E-state index contributed by atoms with van der Waals surface area (Å²) in [6.07, 6.45) is 3.52. The molecule has 0 atom stereocenters. The Morgan fingerprint density at radius 2 is 1.90 bits per heavy atom. The molecule has 0 amide bonds. The van der Waals surface area contributed by atoms with E-state index in [0.717, 1.165) is 51.9 Å². The van der Waals surface area contributed by atoms with E-state index in [9.17, 15) is 0 Å². The van der Waals surface area contributed by atoms with Crippen LogP contribution in [-0.4, -0.2) is 34.2 Å². The monoisotopic (exact) mass is 431 g/mol. The average Bonchev–Trinajstić information content (AvgIpc) is 3.14. The van der Waals surface area contributed by atoms with Crippen LogP contribution in [0.3, 0.4) is 0 Å². The van der Waals surface area contributed by atoms with Crippen LogP contribution >= 0.6 is 0 Å². The molecule has 2 N–H and O–H groups in total. The summed E-state index contributed by atoms with van der Waals surface area (Å²) in [7, 11) is -1.14. The van der Waals surface area contributed by atoms with Crippen LogP contribution in [0.25, 0.3) is 33.5 Å². The van der Waals surface area contributed by atoms with Crippen LogP contribution in [0.15, 0.2) is 55.0 Å². The number of ether oxygens (including phenoxy) is 1. The summed E-state index contributed by atoms with van der Waals surface area (Å²) >= 11 is 0. The van der Waals surface area contributed by atoms with E-state index in [1.807, 2.05) is 43.6 Å². The number of nitrogens with two attached hydrogens (primary N) is 1. The molecule has 7 heteroatoms. The van der Waals surface area contributed by atoms with Crippen LogP contribution in [0, 0.1) is 6.92 Å². The number of nitrogens with zero attached hydrogens (tertiary/aromatic N) is 4. The molecule has 31 heavy (non-hydrogen) atoms. The minimum atomic E-state index is -1.14. The van der Waals surface area contributed by atoms with Crippen molar-refractivity contribution in [2.75, 3.05) is 12.3 Å². The van der Waals surface area contributed by atoms with Crippen molar-refractivity contribution < 1.29 is 4.74 Å². The Bertz CT molecular complexity index is 1210. The van der Waals surface area contributed by atoms with Gasteiger partial charge in [-0.25, -0.2) is 4.98 Å². The van der Waals surface area contributed by atoms with Crippen molar-refractivity contribution in [1.82, 2.24) is 19.5 Å². The second-order valence-corrected chi connectivity index (χ2v) is 14.7. The molecule has 3 heterocycles. The molecule has 0 bridgehead atoms. The molecule has 0 aliphatic heterocycles. The van der Waals surface area contributed by atoms with E-state index >= 15 is 0 Å². The molecule has 0 fully saturated rings. The first-order chi connectivity index (χ1) is 14.8. The summed E-state index contributed by atoms with van der Waals surface area (Å²) in [4.78, 5) is 13.8. The molecule has 6 nitrogen and oxygen atoms in total. The van der Waals surface area contributed by atoms with Gasteiger partial charge in [0, 0.05) is 31.3 Å². The Kier molecular flexibility index (Phi) is 5.89. The van der Waals surface area contributed by atoms with E-state index in [0.29, 0.717) is 12.4 Å². The van der Waals surface area contributed by atoms with Crippen molar-refractivity contribution in [1.29, 1.82) is 0 Å². The van der Waals surface area contributed by atoms with Gasteiger partial charge in [0.05, 0.1) is 35.1 Å². The molecular weight excluding hydrogens is 402 g/mol. The number of fused-ring (bicyclic) bond motifs is 1. The number of pyridine rings is 2. The number of hydrogen-bond donors (Lipinski definition) is 1. The molecule has 0 unspecified atom stereocenters. The predicted octanol–water partition coefficient (Wildman–Crippen LogP) is 5.36. The van der Waals surface area contributed by atoms with E-state index in [2.05, 4.69) is 41.3 Å². The summed E-state index contributed by atoms with van der Waals surface area (Å²) < 4.78 is 8.10. The first-order valence-electron chi connectivity index (χ1n) is 10.5. The average molecular weight is 432 g/mol. The SMILES string of the molecule is Cc1cccc(-c2ncn(COCC[Si](C)(C)C)c2-c2ccc3ncc(N)cc3c2)n1. The second-order valence-electron chi connectivity index (χ2n) is 9.10. The lowest BCUT2D eigenvalue weighted by molar-refractivity contribution is 0.0882. The van der Waals surface area contributed by atoms with E-state index in [4.69, 9.17) is 20.4 Å².